The Morgan fingerprint density at radius 1 is 1.11 bits per heavy atom. The highest BCUT2D eigenvalue weighted by molar-refractivity contribution is 6.06. The van der Waals surface area contributed by atoms with Crippen LogP contribution >= 0.6 is 0 Å². The van der Waals surface area contributed by atoms with Crippen molar-refractivity contribution in [3.05, 3.63) is 82.5 Å². The predicted octanol–water partition coefficient (Wildman–Crippen LogP) is 3.86. The van der Waals surface area contributed by atoms with Gasteiger partial charge in [-0.05, 0) is 63.5 Å². The fraction of sp³-hybridized carbons (Fsp3) is 0.308. The highest BCUT2D eigenvalue weighted by atomic mass is 19.1. The Morgan fingerprint density at radius 3 is 2.49 bits per heavy atom. The number of benzene rings is 1. The monoisotopic (exact) mass is 483 g/mol. The van der Waals surface area contributed by atoms with E-state index in [1.165, 1.54) is 42.1 Å². The molecule has 0 saturated heterocycles. The smallest absolute Gasteiger partial charge is 0.340 e. The van der Waals surface area contributed by atoms with Crippen molar-refractivity contribution in [2.45, 2.75) is 40.2 Å². The molecule has 0 saturated carbocycles. The van der Waals surface area contributed by atoms with Gasteiger partial charge in [-0.3, -0.25) is 14.9 Å². The minimum absolute atomic E-state index is 0.0286. The second-order valence-electron chi connectivity index (χ2n) is 8.04. The zero-order valence-electron chi connectivity index (χ0n) is 20.1. The van der Waals surface area contributed by atoms with Crippen LogP contribution in [0.3, 0.4) is 0 Å². The number of aromatic nitrogens is 1. The molecule has 0 aliphatic rings. The first-order valence-corrected chi connectivity index (χ1v) is 11.1. The lowest BCUT2D eigenvalue weighted by Gasteiger charge is -2.12. The van der Waals surface area contributed by atoms with E-state index in [-0.39, 0.29) is 36.8 Å². The number of carbonyl (C=O) groups is 3. The number of nitrogens with zero attached hydrogens (tertiary/aromatic N) is 1. The molecule has 35 heavy (non-hydrogen) atoms. The third kappa shape index (κ3) is 9.50. The zero-order chi connectivity index (χ0) is 25.8. The molecule has 0 aliphatic heterocycles. The minimum atomic E-state index is -0.829. The number of amides is 2. The molecule has 0 fully saturated rings. The van der Waals surface area contributed by atoms with E-state index < -0.39 is 23.6 Å². The summed E-state index contributed by atoms with van der Waals surface area (Å²) in [4.78, 5) is 40.5. The highest BCUT2D eigenvalue weighted by Crippen LogP contribution is 2.21. The molecule has 8 nitrogen and oxygen atoms in total. The lowest BCUT2D eigenvalue weighted by molar-refractivity contribution is -0.118. The first-order valence-electron chi connectivity index (χ1n) is 11.1. The van der Waals surface area contributed by atoms with Crippen LogP contribution in [0, 0.1) is 5.82 Å². The number of hydrogen-bond donors (Lipinski definition) is 2. The second kappa shape index (κ2) is 13.8. The molecule has 3 N–H and O–H groups in total. The van der Waals surface area contributed by atoms with E-state index in [4.69, 9.17) is 15.2 Å². The lowest BCUT2D eigenvalue weighted by Crippen LogP contribution is -2.36. The number of esters is 1. The average molecular weight is 484 g/mol. The van der Waals surface area contributed by atoms with Crippen molar-refractivity contribution < 1.29 is 28.2 Å². The number of nitrogens with one attached hydrogen (secondary N) is 1. The van der Waals surface area contributed by atoms with Gasteiger partial charge in [-0.1, -0.05) is 29.4 Å². The van der Waals surface area contributed by atoms with E-state index in [0.717, 1.165) is 18.4 Å². The van der Waals surface area contributed by atoms with Crippen molar-refractivity contribution >= 4 is 17.8 Å². The fourth-order valence-corrected chi connectivity index (χ4v) is 2.85. The Labute approximate surface area is 204 Å². The maximum Gasteiger partial charge on any atom is 0.340 e. The van der Waals surface area contributed by atoms with Gasteiger partial charge < -0.3 is 15.2 Å². The number of pyridine rings is 1. The maximum absolute atomic E-state index is 13.2. The van der Waals surface area contributed by atoms with Gasteiger partial charge in [0.2, 0.25) is 5.91 Å². The Hall–Kier alpha value is -3.85. The van der Waals surface area contributed by atoms with Crippen LogP contribution in [0.4, 0.5) is 4.39 Å². The number of halogens is 1. The van der Waals surface area contributed by atoms with Crippen molar-refractivity contribution in [3.63, 3.8) is 0 Å². The molecular formula is C26H30FN3O5. The summed E-state index contributed by atoms with van der Waals surface area (Å²) in [5, 5.41) is 2.09. The van der Waals surface area contributed by atoms with Crippen LogP contribution in [0.1, 0.15) is 60.0 Å². The molecule has 2 rings (SSSR count). The Morgan fingerprint density at radius 2 is 1.83 bits per heavy atom. The normalized spacial score (nSPS) is 10.9. The summed E-state index contributed by atoms with van der Waals surface area (Å²) in [6, 6.07) is 6.89. The van der Waals surface area contributed by atoms with Crippen LogP contribution in [0.2, 0.25) is 0 Å². The molecule has 0 bridgehead atoms. The van der Waals surface area contributed by atoms with Crippen LogP contribution in [-0.4, -0.2) is 35.9 Å². The first kappa shape index (κ1) is 27.4. The Bertz CT molecular complexity index is 1110. The van der Waals surface area contributed by atoms with Crippen LogP contribution in [-0.2, 0) is 16.1 Å². The van der Waals surface area contributed by atoms with Gasteiger partial charge in [-0.2, -0.15) is 0 Å². The molecule has 0 spiro atoms. The summed E-state index contributed by atoms with van der Waals surface area (Å²) in [5.74, 6) is -2.62. The largest absolute Gasteiger partial charge is 0.486 e. The topological polar surface area (TPSA) is 121 Å². The van der Waals surface area contributed by atoms with Crippen molar-refractivity contribution in [3.8, 4) is 5.75 Å². The lowest BCUT2D eigenvalue weighted by atomic mass is 10.1. The number of nitrogens with two attached hydrogens (primary N) is 1. The van der Waals surface area contributed by atoms with Crippen LogP contribution in [0.25, 0.3) is 0 Å². The van der Waals surface area contributed by atoms with Crippen LogP contribution < -0.4 is 15.8 Å². The van der Waals surface area contributed by atoms with Gasteiger partial charge in [0.15, 0.2) is 11.4 Å². The highest BCUT2D eigenvalue weighted by Gasteiger charge is 2.20. The van der Waals surface area contributed by atoms with Gasteiger partial charge in [0.05, 0.1) is 12.1 Å². The number of rotatable bonds is 11. The molecule has 1 aromatic heterocycles. The fourth-order valence-electron chi connectivity index (χ4n) is 2.85. The van der Waals surface area contributed by atoms with Gasteiger partial charge in [0.25, 0.3) is 5.91 Å². The molecule has 186 valence electrons. The first-order chi connectivity index (χ1) is 16.7. The minimum Gasteiger partial charge on any atom is -0.486 e. The van der Waals surface area contributed by atoms with E-state index in [1.54, 1.807) is 0 Å². The van der Waals surface area contributed by atoms with E-state index in [9.17, 15) is 18.8 Å². The van der Waals surface area contributed by atoms with Gasteiger partial charge in [-0.15, -0.1) is 0 Å². The van der Waals surface area contributed by atoms with Crippen LogP contribution in [0.15, 0.2) is 59.8 Å². The molecule has 1 aromatic carbocycles. The zero-order valence-corrected chi connectivity index (χ0v) is 20.1. The van der Waals surface area contributed by atoms with E-state index >= 15 is 0 Å². The summed E-state index contributed by atoms with van der Waals surface area (Å²) in [6.07, 6.45) is 6.91. The average Bonchev–Trinajstić information content (AvgIpc) is 2.83. The van der Waals surface area contributed by atoms with Crippen molar-refractivity contribution in [1.82, 2.24) is 10.3 Å². The molecule has 0 aliphatic carbocycles. The summed E-state index contributed by atoms with van der Waals surface area (Å²) < 4.78 is 24.1. The predicted molar refractivity (Wildman–Crippen MR) is 129 cm³/mol. The third-order valence-corrected chi connectivity index (χ3v) is 4.79. The molecule has 1 heterocycles. The number of ether oxygens (including phenoxy) is 2. The van der Waals surface area contributed by atoms with Crippen LogP contribution in [0.5, 0.6) is 5.75 Å². The molecule has 9 heteroatoms. The maximum atomic E-state index is 13.2. The standard InChI is InChI=1S/C26H30FN3O5/c1-17(2)5-4-6-18(3)11-12-34-26(33)20-13-22(35-16-19-7-9-21(27)10-8-19)24(29-15-20)25(32)30-23(31)14-28/h5,7-11,13,15H,4,6,12,14,16,28H2,1-3H3,(H,30,31,32)/b18-11+. The molecule has 0 unspecified atom stereocenters. The second-order valence-corrected chi connectivity index (χ2v) is 8.04. The molecule has 0 radical (unpaired) electrons. The Kier molecular flexibility index (Phi) is 10.8. The SMILES string of the molecule is CC(C)=CCC/C(C)=C/COC(=O)c1cnc(C(=O)NC(=O)CN)c(OCc2ccc(F)cc2)c1. The number of carbonyl (C=O) groups excluding carboxylic acids is 3. The van der Waals surface area contributed by atoms with Gasteiger partial charge in [0, 0.05) is 6.20 Å². The van der Waals surface area contributed by atoms with E-state index in [1.807, 2.05) is 26.8 Å². The molecular weight excluding hydrogens is 453 g/mol. The van der Waals surface area contributed by atoms with Crippen molar-refractivity contribution in [1.29, 1.82) is 0 Å². The Balaban J connectivity index is 2.14. The van der Waals surface area contributed by atoms with Gasteiger partial charge in [-0.25, -0.2) is 14.2 Å². The summed E-state index contributed by atoms with van der Waals surface area (Å²) in [6.45, 7) is 5.71. The quantitative estimate of drug-likeness (QED) is 0.368. The molecule has 2 amide bonds. The number of allylic oxidation sites excluding steroid dienone is 3. The van der Waals surface area contributed by atoms with E-state index in [0.29, 0.717) is 5.56 Å². The summed E-state index contributed by atoms with van der Waals surface area (Å²) in [5.41, 5.74) is 8.06. The number of imide groups is 1. The van der Waals surface area contributed by atoms with Gasteiger partial charge in [0.1, 0.15) is 19.0 Å². The number of hydrogen-bond acceptors (Lipinski definition) is 7. The van der Waals surface area contributed by atoms with Crippen molar-refractivity contribution in [2.24, 2.45) is 5.73 Å². The third-order valence-electron chi connectivity index (χ3n) is 4.79. The van der Waals surface area contributed by atoms with Gasteiger partial charge >= 0.3 is 5.97 Å². The molecule has 0 atom stereocenters. The summed E-state index contributed by atoms with van der Waals surface area (Å²) in [7, 11) is 0. The van der Waals surface area contributed by atoms with Crippen molar-refractivity contribution in [2.75, 3.05) is 13.2 Å². The summed E-state index contributed by atoms with van der Waals surface area (Å²) >= 11 is 0. The van der Waals surface area contributed by atoms with E-state index in [2.05, 4.69) is 16.4 Å². The molecule has 2 aromatic rings.